The SMILES string of the molecule is CCCCCCCCOc1ccc(-c2ccc(C(=O)Oc3ccc(C(=O)O[C@H]4C(=O)N(CCCCCCC)C(=O)[C@@H]4OC(=O)c4ccc(OC(=O)c5ccc(-c6ccc(OCCCCCCCC)cc6)cc5)cc4)cc3)cc2)cc1. The molecule has 6 aromatic rings. The van der Waals surface area contributed by atoms with Gasteiger partial charge in [0.1, 0.15) is 23.0 Å². The van der Waals surface area contributed by atoms with Crippen LogP contribution in [-0.2, 0) is 19.1 Å². The van der Waals surface area contributed by atoms with Crippen molar-refractivity contribution < 1.29 is 57.2 Å². The second-order valence-corrected chi connectivity index (χ2v) is 20.2. The lowest BCUT2D eigenvalue weighted by molar-refractivity contribution is -0.141. The van der Waals surface area contributed by atoms with Crippen molar-refractivity contribution in [2.75, 3.05) is 19.8 Å². The molecule has 2 atom stereocenters. The Bertz CT molecular complexity index is 2720. The molecule has 0 bridgehead atoms. The third kappa shape index (κ3) is 17.7. The molecule has 0 N–H and O–H groups in total. The normalized spacial score (nSPS) is 13.9. The molecule has 1 saturated heterocycles. The Kier molecular flexibility index (Phi) is 23.5. The van der Waals surface area contributed by atoms with E-state index in [9.17, 15) is 28.8 Å². The lowest BCUT2D eigenvalue weighted by atomic mass is 10.0. The van der Waals surface area contributed by atoms with Crippen LogP contribution in [0.25, 0.3) is 22.3 Å². The number of carbonyl (C=O) groups is 6. The highest BCUT2D eigenvalue weighted by Crippen LogP contribution is 2.28. The Morgan fingerprint density at radius 3 is 0.963 bits per heavy atom. The molecule has 6 aromatic carbocycles. The molecule has 1 aliphatic rings. The number of nitrogens with zero attached hydrogens (tertiary/aromatic N) is 1. The van der Waals surface area contributed by atoms with Crippen molar-refractivity contribution in [1.82, 2.24) is 4.90 Å². The second-order valence-electron chi connectivity index (χ2n) is 20.2. The average Bonchev–Trinajstić information content (AvgIpc) is 3.78. The molecule has 0 unspecified atom stereocenters. The molecule has 7 rings (SSSR count). The van der Waals surface area contributed by atoms with Gasteiger partial charge in [0.25, 0.3) is 11.8 Å². The van der Waals surface area contributed by atoms with Crippen LogP contribution in [0.4, 0.5) is 0 Å². The molecule has 1 fully saturated rings. The minimum Gasteiger partial charge on any atom is -0.494 e. The summed E-state index contributed by atoms with van der Waals surface area (Å²) in [5, 5.41) is 0. The largest absolute Gasteiger partial charge is 0.494 e. The van der Waals surface area contributed by atoms with Gasteiger partial charge in [-0.3, -0.25) is 14.5 Å². The number of ether oxygens (including phenoxy) is 6. The number of carbonyl (C=O) groups excluding carboxylic acids is 6. The van der Waals surface area contributed by atoms with Crippen molar-refractivity contribution in [3.63, 3.8) is 0 Å². The number of benzene rings is 6. The van der Waals surface area contributed by atoms with Crippen LogP contribution in [0.15, 0.2) is 146 Å². The van der Waals surface area contributed by atoms with E-state index in [0.717, 1.165) is 90.0 Å². The summed E-state index contributed by atoms with van der Waals surface area (Å²) in [5.41, 5.74) is 4.38. The van der Waals surface area contributed by atoms with E-state index >= 15 is 0 Å². The molecule has 13 nitrogen and oxygen atoms in total. The Morgan fingerprint density at radius 2 is 0.613 bits per heavy atom. The molecule has 420 valence electrons. The summed E-state index contributed by atoms with van der Waals surface area (Å²) in [5.74, 6) is -2.85. The van der Waals surface area contributed by atoms with Crippen LogP contribution in [0.2, 0.25) is 0 Å². The fourth-order valence-electron chi connectivity index (χ4n) is 9.24. The summed E-state index contributed by atoms with van der Waals surface area (Å²) in [6.07, 6.45) is 15.0. The van der Waals surface area contributed by atoms with Crippen LogP contribution in [0.3, 0.4) is 0 Å². The Labute approximate surface area is 470 Å². The maximum atomic E-state index is 13.8. The Balaban J connectivity index is 0.908. The quantitative estimate of drug-likeness (QED) is 0.0170. The van der Waals surface area contributed by atoms with E-state index in [1.807, 2.05) is 72.8 Å². The van der Waals surface area contributed by atoms with Gasteiger partial charge < -0.3 is 28.4 Å². The molecule has 1 heterocycles. The summed E-state index contributed by atoms with van der Waals surface area (Å²) in [6.45, 7) is 7.93. The molecule has 0 aliphatic carbocycles. The highest BCUT2D eigenvalue weighted by Gasteiger charge is 2.52. The number of unbranched alkanes of at least 4 members (excludes halogenated alkanes) is 14. The summed E-state index contributed by atoms with van der Waals surface area (Å²) in [7, 11) is 0. The molecular weight excluding hydrogens is 1010 g/mol. The monoisotopic (exact) mass is 1090 g/mol. The summed E-state index contributed by atoms with van der Waals surface area (Å²) in [6, 6.07) is 40.8. The van der Waals surface area contributed by atoms with Crippen LogP contribution in [0.5, 0.6) is 23.0 Å². The molecule has 0 aromatic heterocycles. The fraction of sp³-hybridized carbons (Fsp3) is 0.373. The lowest BCUT2D eigenvalue weighted by Gasteiger charge is -2.17. The van der Waals surface area contributed by atoms with Crippen LogP contribution >= 0.6 is 0 Å². The standard InChI is InChI=1S/C67H75NO12/c1-4-7-10-13-16-19-46-75-56-37-29-50(30-38-56)48-21-25-52(26-22-48)64(71)77-58-41-33-54(34-42-58)66(73)79-60-61(63(70)68(62(60)69)45-18-15-12-9-6-3)80-67(74)55-35-43-59(44-36-55)78-65(72)53-27-23-49(24-28-53)51-31-39-57(40-32-51)76-47-20-17-14-11-8-5-2/h21-44,60-61H,4-20,45-47H2,1-3H3/t60-,61-/m1/s1. The highest BCUT2D eigenvalue weighted by atomic mass is 16.6. The summed E-state index contributed by atoms with van der Waals surface area (Å²) < 4.78 is 34.3. The smallest absolute Gasteiger partial charge is 0.343 e. The van der Waals surface area contributed by atoms with E-state index < -0.39 is 47.9 Å². The van der Waals surface area contributed by atoms with Crippen molar-refractivity contribution in [3.05, 3.63) is 168 Å². The number of likely N-dealkylation sites (tertiary alicyclic amines) is 1. The first-order chi connectivity index (χ1) is 39.0. The predicted molar refractivity (Wildman–Crippen MR) is 308 cm³/mol. The molecule has 1 aliphatic heterocycles. The molecule has 13 heteroatoms. The van der Waals surface area contributed by atoms with Gasteiger partial charge in [-0.1, -0.05) is 159 Å². The Morgan fingerprint density at radius 1 is 0.338 bits per heavy atom. The zero-order chi connectivity index (χ0) is 56.5. The molecular formula is C67H75NO12. The van der Waals surface area contributed by atoms with Crippen molar-refractivity contribution in [3.8, 4) is 45.3 Å². The first-order valence-corrected chi connectivity index (χ1v) is 28.6. The van der Waals surface area contributed by atoms with Crippen LogP contribution in [0.1, 0.15) is 171 Å². The molecule has 0 saturated carbocycles. The Hall–Kier alpha value is -8.06. The highest BCUT2D eigenvalue weighted by molar-refractivity contribution is 6.10. The molecule has 0 radical (unpaired) electrons. The molecule has 0 spiro atoms. The van der Waals surface area contributed by atoms with E-state index in [1.165, 1.54) is 99.9 Å². The van der Waals surface area contributed by atoms with Crippen molar-refractivity contribution in [2.24, 2.45) is 0 Å². The van der Waals surface area contributed by atoms with Gasteiger partial charge in [-0.2, -0.15) is 0 Å². The minimum absolute atomic E-state index is 0.00758. The zero-order valence-electron chi connectivity index (χ0n) is 46.5. The number of hydrogen-bond donors (Lipinski definition) is 0. The van der Waals surface area contributed by atoms with Gasteiger partial charge in [-0.05, 0) is 139 Å². The lowest BCUT2D eigenvalue weighted by Crippen LogP contribution is -2.37. The van der Waals surface area contributed by atoms with Gasteiger partial charge in [0, 0.05) is 6.54 Å². The average molecular weight is 1090 g/mol. The number of rotatable bonds is 32. The van der Waals surface area contributed by atoms with E-state index in [-0.39, 0.29) is 29.2 Å². The third-order valence-electron chi connectivity index (χ3n) is 14.0. The van der Waals surface area contributed by atoms with E-state index in [0.29, 0.717) is 30.8 Å². The van der Waals surface area contributed by atoms with Crippen molar-refractivity contribution in [1.29, 1.82) is 0 Å². The third-order valence-corrected chi connectivity index (χ3v) is 14.0. The van der Waals surface area contributed by atoms with Gasteiger partial charge >= 0.3 is 23.9 Å². The van der Waals surface area contributed by atoms with Crippen LogP contribution in [0, 0.1) is 0 Å². The number of imide groups is 1. The van der Waals surface area contributed by atoms with E-state index in [1.54, 1.807) is 24.3 Å². The first kappa shape index (κ1) is 59.6. The number of esters is 4. The number of amides is 2. The number of hydrogen-bond acceptors (Lipinski definition) is 12. The second kappa shape index (κ2) is 31.5. The van der Waals surface area contributed by atoms with Gasteiger partial charge in [0.05, 0.1) is 35.5 Å². The van der Waals surface area contributed by atoms with Crippen molar-refractivity contribution >= 4 is 35.7 Å². The van der Waals surface area contributed by atoms with Gasteiger partial charge in [0.2, 0.25) is 12.2 Å². The minimum atomic E-state index is -1.77. The molecule has 2 amide bonds. The van der Waals surface area contributed by atoms with Crippen molar-refractivity contribution in [2.45, 2.75) is 142 Å². The van der Waals surface area contributed by atoms with Crippen LogP contribution < -0.4 is 18.9 Å². The fourth-order valence-corrected chi connectivity index (χ4v) is 9.24. The van der Waals surface area contributed by atoms with E-state index in [2.05, 4.69) is 20.8 Å². The maximum absolute atomic E-state index is 13.8. The van der Waals surface area contributed by atoms with Gasteiger partial charge in [-0.25, -0.2) is 19.2 Å². The van der Waals surface area contributed by atoms with E-state index in [4.69, 9.17) is 28.4 Å². The zero-order valence-corrected chi connectivity index (χ0v) is 46.5. The van der Waals surface area contributed by atoms with Crippen LogP contribution in [-0.4, -0.2) is 72.6 Å². The maximum Gasteiger partial charge on any atom is 0.343 e. The summed E-state index contributed by atoms with van der Waals surface area (Å²) in [4.78, 5) is 82.0. The van der Waals surface area contributed by atoms with Gasteiger partial charge in [-0.15, -0.1) is 0 Å². The predicted octanol–water partition coefficient (Wildman–Crippen LogP) is 15.0. The first-order valence-electron chi connectivity index (χ1n) is 28.6. The topological polar surface area (TPSA) is 161 Å². The molecule has 80 heavy (non-hydrogen) atoms. The summed E-state index contributed by atoms with van der Waals surface area (Å²) >= 11 is 0. The van der Waals surface area contributed by atoms with Gasteiger partial charge in [0.15, 0.2) is 0 Å².